The third kappa shape index (κ3) is 12.5. The number of ether oxygens (including phenoxy) is 3. The van der Waals surface area contributed by atoms with Gasteiger partial charge in [-0.25, -0.2) is 9.59 Å². The average molecular weight is 397 g/mol. The van der Waals surface area contributed by atoms with E-state index >= 15 is 0 Å². The van der Waals surface area contributed by atoms with E-state index in [0.717, 1.165) is 45.1 Å². The smallest absolute Gasteiger partial charge is 0.339 e. The van der Waals surface area contributed by atoms with Crippen LogP contribution in [-0.2, 0) is 14.2 Å². The molecule has 1 aromatic carbocycles. The number of hydrogen-bond acceptors (Lipinski definition) is 6. The van der Waals surface area contributed by atoms with Crippen molar-refractivity contribution in [1.82, 2.24) is 0 Å². The molecule has 0 radical (unpaired) electrons. The largest absolute Gasteiger partial charge is 0.462 e. The second-order valence-electron chi connectivity index (χ2n) is 6.21. The third-order valence-electron chi connectivity index (χ3n) is 3.71. The van der Waals surface area contributed by atoms with Gasteiger partial charge >= 0.3 is 11.9 Å². The van der Waals surface area contributed by atoms with Crippen LogP contribution in [0.25, 0.3) is 0 Å². The van der Waals surface area contributed by atoms with Crippen LogP contribution in [0, 0.1) is 0 Å². The quantitative estimate of drug-likeness (QED) is 0.393. The van der Waals surface area contributed by atoms with Gasteiger partial charge in [0.05, 0.1) is 37.6 Å². The molecule has 0 spiro atoms. The molecule has 0 fully saturated rings. The molecule has 6 nitrogen and oxygen atoms in total. The molecule has 1 aromatic rings. The Bertz CT molecular complexity index is 483. The number of unbranched alkanes of at least 4 members (excludes halogenated alkanes) is 3. The molecule has 0 aliphatic carbocycles. The van der Waals surface area contributed by atoms with Crippen LogP contribution < -0.4 is 0 Å². The van der Waals surface area contributed by atoms with Crippen LogP contribution in [0.5, 0.6) is 0 Å². The standard InChI is InChI=1S/C16H22O4.C6H14O2/c1-3-5-11-19-15(17)13-9-7-8-10-14(13)16(18)20-12-6-4-2;1-2-3-5-8-6-4-7/h7-10H,3-6,11-12H2,1-2H3;7H,2-6H2,1H3. The van der Waals surface area contributed by atoms with Gasteiger partial charge in [-0.15, -0.1) is 0 Å². The van der Waals surface area contributed by atoms with Crippen LogP contribution in [0.1, 0.15) is 80.0 Å². The molecule has 0 atom stereocenters. The Balaban J connectivity index is 0.000000769. The predicted molar refractivity (Wildman–Crippen MR) is 110 cm³/mol. The van der Waals surface area contributed by atoms with Crippen molar-refractivity contribution in [2.75, 3.05) is 33.0 Å². The lowest BCUT2D eigenvalue weighted by Crippen LogP contribution is -2.14. The molecular weight excluding hydrogens is 360 g/mol. The zero-order valence-corrected chi connectivity index (χ0v) is 17.6. The van der Waals surface area contributed by atoms with Crippen molar-refractivity contribution in [3.8, 4) is 0 Å². The maximum absolute atomic E-state index is 11.9. The van der Waals surface area contributed by atoms with Gasteiger partial charge in [-0.2, -0.15) is 0 Å². The molecule has 0 unspecified atom stereocenters. The number of aliphatic hydroxyl groups excluding tert-OH is 1. The highest BCUT2D eigenvalue weighted by atomic mass is 16.5. The number of esters is 2. The van der Waals surface area contributed by atoms with Crippen molar-refractivity contribution in [1.29, 1.82) is 0 Å². The van der Waals surface area contributed by atoms with Gasteiger partial charge in [0.1, 0.15) is 0 Å². The Labute approximate surface area is 169 Å². The molecule has 0 aromatic heterocycles. The van der Waals surface area contributed by atoms with Crippen LogP contribution in [0.4, 0.5) is 0 Å². The molecule has 0 aliphatic heterocycles. The molecule has 160 valence electrons. The SMILES string of the molecule is CCCCOC(=O)c1ccccc1C(=O)OCCCC.CCCCOCCO. The molecular formula is C22H36O6. The number of carbonyl (C=O) groups is 2. The summed E-state index contributed by atoms with van der Waals surface area (Å²) in [4.78, 5) is 23.9. The number of rotatable bonds is 13. The number of benzene rings is 1. The monoisotopic (exact) mass is 396 g/mol. The summed E-state index contributed by atoms with van der Waals surface area (Å²) >= 11 is 0. The normalized spacial score (nSPS) is 10.0. The van der Waals surface area contributed by atoms with Gasteiger partial charge in [-0.3, -0.25) is 0 Å². The molecule has 0 saturated heterocycles. The summed E-state index contributed by atoms with van der Waals surface area (Å²) in [6.45, 7) is 8.31. The van der Waals surface area contributed by atoms with Gasteiger partial charge in [0, 0.05) is 6.61 Å². The Kier molecular flexibility index (Phi) is 17.2. The van der Waals surface area contributed by atoms with Crippen molar-refractivity contribution >= 4 is 11.9 Å². The first kappa shape index (κ1) is 26.1. The van der Waals surface area contributed by atoms with E-state index in [4.69, 9.17) is 19.3 Å². The van der Waals surface area contributed by atoms with E-state index < -0.39 is 11.9 Å². The first-order valence-corrected chi connectivity index (χ1v) is 10.2. The van der Waals surface area contributed by atoms with E-state index in [1.807, 2.05) is 13.8 Å². The van der Waals surface area contributed by atoms with Gasteiger partial charge in [-0.1, -0.05) is 52.2 Å². The Morgan fingerprint density at radius 2 is 1.18 bits per heavy atom. The lowest BCUT2D eigenvalue weighted by Gasteiger charge is -2.09. The van der Waals surface area contributed by atoms with Crippen molar-refractivity contribution in [2.45, 2.75) is 59.3 Å². The topological polar surface area (TPSA) is 82.1 Å². The molecule has 0 saturated carbocycles. The second kappa shape index (κ2) is 18.4. The molecule has 6 heteroatoms. The molecule has 0 aliphatic rings. The Hall–Kier alpha value is -1.92. The number of carbonyl (C=O) groups excluding carboxylic acids is 2. The molecule has 0 heterocycles. The van der Waals surface area contributed by atoms with Gasteiger partial charge in [0.2, 0.25) is 0 Å². The van der Waals surface area contributed by atoms with Crippen molar-refractivity contribution in [3.05, 3.63) is 35.4 Å². The first-order chi connectivity index (χ1) is 13.6. The average Bonchev–Trinajstić information content (AvgIpc) is 2.72. The zero-order chi connectivity index (χ0) is 21.0. The van der Waals surface area contributed by atoms with E-state index in [2.05, 4.69) is 6.92 Å². The maximum atomic E-state index is 11.9. The van der Waals surface area contributed by atoms with Crippen LogP contribution in [-0.4, -0.2) is 50.1 Å². The molecule has 0 amide bonds. The minimum atomic E-state index is -0.471. The minimum Gasteiger partial charge on any atom is -0.462 e. The van der Waals surface area contributed by atoms with E-state index in [-0.39, 0.29) is 17.7 Å². The summed E-state index contributed by atoms with van der Waals surface area (Å²) in [6.07, 6.45) is 5.79. The summed E-state index contributed by atoms with van der Waals surface area (Å²) in [5.41, 5.74) is 0.537. The fourth-order valence-electron chi connectivity index (χ4n) is 2.03. The van der Waals surface area contributed by atoms with Crippen LogP contribution in [0.2, 0.25) is 0 Å². The zero-order valence-electron chi connectivity index (χ0n) is 17.6. The van der Waals surface area contributed by atoms with Gasteiger partial charge in [0.15, 0.2) is 0 Å². The van der Waals surface area contributed by atoms with Gasteiger partial charge < -0.3 is 19.3 Å². The highest BCUT2D eigenvalue weighted by molar-refractivity contribution is 6.03. The Morgan fingerprint density at radius 3 is 1.57 bits per heavy atom. The highest BCUT2D eigenvalue weighted by Gasteiger charge is 2.18. The minimum absolute atomic E-state index is 0.143. The van der Waals surface area contributed by atoms with Crippen molar-refractivity contribution in [3.63, 3.8) is 0 Å². The Morgan fingerprint density at radius 1 is 0.750 bits per heavy atom. The van der Waals surface area contributed by atoms with Crippen LogP contribution in [0.15, 0.2) is 24.3 Å². The summed E-state index contributed by atoms with van der Waals surface area (Å²) in [6, 6.07) is 6.59. The summed E-state index contributed by atoms with van der Waals surface area (Å²) in [5.74, 6) is -0.942. The molecule has 1 N–H and O–H groups in total. The van der Waals surface area contributed by atoms with E-state index in [9.17, 15) is 9.59 Å². The lowest BCUT2D eigenvalue weighted by atomic mass is 10.1. The van der Waals surface area contributed by atoms with E-state index in [1.165, 1.54) is 0 Å². The summed E-state index contributed by atoms with van der Waals surface area (Å²) < 4.78 is 15.2. The summed E-state index contributed by atoms with van der Waals surface area (Å²) in [7, 11) is 0. The summed E-state index contributed by atoms with van der Waals surface area (Å²) in [5, 5.41) is 8.24. The van der Waals surface area contributed by atoms with Gasteiger partial charge in [0.25, 0.3) is 0 Å². The van der Waals surface area contributed by atoms with Crippen LogP contribution >= 0.6 is 0 Å². The maximum Gasteiger partial charge on any atom is 0.339 e. The molecule has 28 heavy (non-hydrogen) atoms. The van der Waals surface area contributed by atoms with E-state index in [0.29, 0.717) is 19.8 Å². The number of aliphatic hydroxyl groups is 1. The van der Waals surface area contributed by atoms with Gasteiger partial charge in [-0.05, 0) is 31.4 Å². The first-order valence-electron chi connectivity index (χ1n) is 10.2. The lowest BCUT2D eigenvalue weighted by molar-refractivity contribution is 0.0452. The fraction of sp³-hybridized carbons (Fsp3) is 0.636. The van der Waals surface area contributed by atoms with E-state index in [1.54, 1.807) is 24.3 Å². The second-order valence-corrected chi connectivity index (χ2v) is 6.21. The molecule has 1 rings (SSSR count). The van der Waals surface area contributed by atoms with Crippen LogP contribution in [0.3, 0.4) is 0 Å². The fourth-order valence-corrected chi connectivity index (χ4v) is 2.03. The predicted octanol–water partition coefficient (Wildman–Crippen LogP) is 4.40. The highest BCUT2D eigenvalue weighted by Crippen LogP contribution is 2.12. The molecule has 0 bridgehead atoms. The van der Waals surface area contributed by atoms with Crippen molar-refractivity contribution in [2.24, 2.45) is 0 Å². The van der Waals surface area contributed by atoms with Crippen molar-refractivity contribution < 1.29 is 28.9 Å². The third-order valence-corrected chi connectivity index (χ3v) is 3.71. The number of hydrogen-bond donors (Lipinski definition) is 1.